The summed E-state index contributed by atoms with van der Waals surface area (Å²) in [5, 5.41) is 12.7. The van der Waals surface area contributed by atoms with Crippen molar-refractivity contribution in [2.24, 2.45) is 0 Å². The van der Waals surface area contributed by atoms with Gasteiger partial charge in [0.2, 0.25) is 0 Å². The van der Waals surface area contributed by atoms with Crippen LogP contribution < -0.4 is 10.1 Å². The van der Waals surface area contributed by atoms with Crippen LogP contribution >= 0.6 is 11.6 Å². The topological polar surface area (TPSA) is 62.1 Å². The number of carbonyl (C=O) groups is 1. The van der Waals surface area contributed by atoms with Gasteiger partial charge in [-0.3, -0.25) is 4.79 Å². The number of nitrogens with one attached hydrogen (secondary N) is 1. The summed E-state index contributed by atoms with van der Waals surface area (Å²) in [6, 6.07) is 18.7. The molecular weight excluding hydrogens is 415 g/mol. The summed E-state index contributed by atoms with van der Waals surface area (Å²) in [7, 11) is 0. The van der Waals surface area contributed by atoms with E-state index in [9.17, 15) is 14.4 Å². The molecular formula is C25H20ClFN2O2. The fourth-order valence-electron chi connectivity index (χ4n) is 2.98. The van der Waals surface area contributed by atoms with Crippen molar-refractivity contribution in [2.75, 3.05) is 5.32 Å². The molecule has 0 aliphatic heterocycles. The van der Waals surface area contributed by atoms with Crippen molar-refractivity contribution in [1.82, 2.24) is 0 Å². The summed E-state index contributed by atoms with van der Waals surface area (Å²) in [4.78, 5) is 12.7. The van der Waals surface area contributed by atoms with E-state index >= 15 is 0 Å². The van der Waals surface area contributed by atoms with E-state index in [2.05, 4.69) is 5.32 Å². The van der Waals surface area contributed by atoms with Crippen LogP contribution in [-0.2, 0) is 11.4 Å². The van der Waals surface area contributed by atoms with E-state index in [1.54, 1.807) is 42.5 Å². The molecule has 0 saturated heterocycles. The van der Waals surface area contributed by atoms with Crippen LogP contribution in [0.5, 0.6) is 5.75 Å². The molecule has 0 radical (unpaired) electrons. The lowest BCUT2D eigenvalue weighted by molar-refractivity contribution is -0.112. The molecule has 0 aromatic heterocycles. The molecule has 3 aromatic carbocycles. The lowest BCUT2D eigenvalue weighted by Crippen LogP contribution is -2.14. The number of nitrogens with zero attached hydrogens (tertiary/aromatic N) is 1. The minimum Gasteiger partial charge on any atom is -0.488 e. The number of hydrogen-bond acceptors (Lipinski definition) is 3. The van der Waals surface area contributed by atoms with Gasteiger partial charge in [0.1, 0.15) is 29.8 Å². The van der Waals surface area contributed by atoms with Gasteiger partial charge in [0, 0.05) is 21.8 Å². The molecule has 0 aliphatic carbocycles. The number of halogens is 2. The van der Waals surface area contributed by atoms with E-state index < -0.39 is 5.91 Å². The van der Waals surface area contributed by atoms with Crippen LogP contribution in [0.25, 0.3) is 6.08 Å². The molecule has 0 fully saturated rings. The molecule has 156 valence electrons. The predicted octanol–water partition coefficient (Wildman–Crippen LogP) is 6.22. The van der Waals surface area contributed by atoms with Crippen LogP contribution in [0.15, 0.2) is 66.2 Å². The van der Waals surface area contributed by atoms with Gasteiger partial charge in [-0.05, 0) is 55.8 Å². The molecule has 31 heavy (non-hydrogen) atoms. The third-order valence-corrected chi connectivity index (χ3v) is 4.84. The Balaban J connectivity index is 1.85. The Kier molecular flexibility index (Phi) is 7.07. The molecule has 0 aliphatic rings. The van der Waals surface area contributed by atoms with Gasteiger partial charge in [0.25, 0.3) is 5.91 Å². The first kappa shape index (κ1) is 22.1. The van der Waals surface area contributed by atoms with E-state index in [-0.39, 0.29) is 18.0 Å². The third kappa shape index (κ3) is 5.71. The maximum atomic E-state index is 13.9. The minimum atomic E-state index is -0.547. The summed E-state index contributed by atoms with van der Waals surface area (Å²) >= 11 is 6.10. The second-order valence-electron chi connectivity index (χ2n) is 7.00. The number of aryl methyl sites for hydroxylation is 2. The van der Waals surface area contributed by atoms with Gasteiger partial charge < -0.3 is 10.1 Å². The molecule has 4 nitrogen and oxygen atoms in total. The van der Waals surface area contributed by atoms with Gasteiger partial charge in [0.05, 0.1) is 0 Å². The second-order valence-corrected chi connectivity index (χ2v) is 7.44. The number of nitriles is 1. The van der Waals surface area contributed by atoms with Crippen LogP contribution in [0.3, 0.4) is 0 Å². The number of amides is 1. The average Bonchev–Trinajstić information content (AvgIpc) is 2.74. The molecule has 0 bridgehead atoms. The van der Waals surface area contributed by atoms with Crippen molar-refractivity contribution in [2.45, 2.75) is 20.5 Å². The van der Waals surface area contributed by atoms with Crippen LogP contribution in [0.4, 0.5) is 10.1 Å². The van der Waals surface area contributed by atoms with E-state index in [4.69, 9.17) is 16.3 Å². The highest BCUT2D eigenvalue weighted by atomic mass is 35.5. The Labute approximate surface area is 185 Å². The Morgan fingerprint density at radius 1 is 1.16 bits per heavy atom. The zero-order chi connectivity index (χ0) is 22.4. The number of benzene rings is 3. The Bertz CT molecular complexity index is 1200. The molecule has 3 aromatic rings. The smallest absolute Gasteiger partial charge is 0.266 e. The summed E-state index contributed by atoms with van der Waals surface area (Å²) in [6.45, 7) is 3.83. The number of rotatable bonds is 6. The van der Waals surface area contributed by atoms with Gasteiger partial charge >= 0.3 is 0 Å². The summed E-state index contributed by atoms with van der Waals surface area (Å²) < 4.78 is 19.6. The SMILES string of the molecule is Cc1ccc(NC(=O)/C(C#N)=C/c2cc(Cl)ccc2OCc2ccccc2F)c(C)c1. The number of anilines is 1. The van der Waals surface area contributed by atoms with E-state index in [0.29, 0.717) is 27.6 Å². The van der Waals surface area contributed by atoms with Crippen molar-refractivity contribution >= 4 is 29.3 Å². The normalized spacial score (nSPS) is 11.0. The fraction of sp³-hybridized carbons (Fsp3) is 0.120. The van der Waals surface area contributed by atoms with Crippen molar-refractivity contribution in [3.8, 4) is 11.8 Å². The lowest BCUT2D eigenvalue weighted by atomic mass is 10.1. The zero-order valence-corrected chi connectivity index (χ0v) is 17.8. The van der Waals surface area contributed by atoms with Gasteiger partial charge in [-0.15, -0.1) is 0 Å². The molecule has 0 saturated carbocycles. The number of ether oxygens (including phenoxy) is 1. The maximum absolute atomic E-state index is 13.9. The molecule has 3 rings (SSSR count). The highest BCUT2D eigenvalue weighted by Gasteiger charge is 2.13. The van der Waals surface area contributed by atoms with Gasteiger partial charge in [-0.1, -0.05) is 47.5 Å². The van der Waals surface area contributed by atoms with Crippen LogP contribution in [0, 0.1) is 31.0 Å². The highest BCUT2D eigenvalue weighted by molar-refractivity contribution is 6.30. The van der Waals surface area contributed by atoms with Gasteiger partial charge in [0.15, 0.2) is 0 Å². The van der Waals surface area contributed by atoms with Crippen LogP contribution in [0.2, 0.25) is 5.02 Å². The van der Waals surface area contributed by atoms with E-state index in [1.807, 2.05) is 32.0 Å². The fourth-order valence-corrected chi connectivity index (χ4v) is 3.16. The Morgan fingerprint density at radius 2 is 1.94 bits per heavy atom. The largest absolute Gasteiger partial charge is 0.488 e. The minimum absolute atomic E-state index is 0.00814. The number of hydrogen-bond donors (Lipinski definition) is 1. The van der Waals surface area contributed by atoms with E-state index in [0.717, 1.165) is 11.1 Å². The van der Waals surface area contributed by atoms with E-state index in [1.165, 1.54) is 12.1 Å². The standard InChI is InChI=1S/C25H20ClFN2O2/c1-16-7-9-23(17(2)11-16)29-25(30)20(14-28)12-19-13-21(26)8-10-24(19)31-15-18-5-3-4-6-22(18)27/h3-13H,15H2,1-2H3,(H,29,30)/b20-12+. The molecule has 0 heterocycles. The second kappa shape index (κ2) is 9.92. The van der Waals surface area contributed by atoms with Crippen molar-refractivity contribution in [3.63, 3.8) is 0 Å². The van der Waals surface area contributed by atoms with Gasteiger partial charge in [-0.2, -0.15) is 5.26 Å². The molecule has 0 atom stereocenters. The van der Waals surface area contributed by atoms with Crippen molar-refractivity contribution in [3.05, 3.63) is 99.3 Å². The average molecular weight is 435 g/mol. The number of carbonyl (C=O) groups excluding carboxylic acids is 1. The summed E-state index contributed by atoms with van der Waals surface area (Å²) in [6.07, 6.45) is 1.40. The van der Waals surface area contributed by atoms with Crippen LogP contribution in [0.1, 0.15) is 22.3 Å². The van der Waals surface area contributed by atoms with Crippen LogP contribution in [-0.4, -0.2) is 5.91 Å². The lowest BCUT2D eigenvalue weighted by Gasteiger charge is -2.12. The maximum Gasteiger partial charge on any atom is 0.266 e. The third-order valence-electron chi connectivity index (χ3n) is 4.61. The first-order valence-corrected chi connectivity index (χ1v) is 9.91. The highest BCUT2D eigenvalue weighted by Crippen LogP contribution is 2.27. The molecule has 1 amide bonds. The first-order valence-electron chi connectivity index (χ1n) is 9.53. The summed E-state index contributed by atoms with van der Waals surface area (Å²) in [5.74, 6) is -0.548. The molecule has 0 spiro atoms. The zero-order valence-electron chi connectivity index (χ0n) is 17.1. The quantitative estimate of drug-likeness (QED) is 0.370. The molecule has 6 heteroatoms. The predicted molar refractivity (Wildman–Crippen MR) is 120 cm³/mol. The van der Waals surface area contributed by atoms with Gasteiger partial charge in [-0.25, -0.2) is 4.39 Å². The monoisotopic (exact) mass is 434 g/mol. The Morgan fingerprint density at radius 3 is 2.65 bits per heavy atom. The van der Waals surface area contributed by atoms with Crippen molar-refractivity contribution < 1.29 is 13.9 Å². The first-order chi connectivity index (χ1) is 14.9. The molecule has 0 unspecified atom stereocenters. The molecule has 1 N–H and O–H groups in total. The van der Waals surface area contributed by atoms with Crippen molar-refractivity contribution in [1.29, 1.82) is 5.26 Å². The Hall–Kier alpha value is -3.62. The summed E-state index contributed by atoms with van der Waals surface area (Å²) in [5.41, 5.74) is 3.30.